The molecule has 4 aromatic rings. The number of pyridine rings is 1. The monoisotopic (exact) mass is 487 g/mol. The number of carbonyl (C=O) groups is 1. The number of hydrogen-bond donors (Lipinski definition) is 1. The third-order valence-corrected chi connectivity index (χ3v) is 6.07. The predicted molar refractivity (Wildman–Crippen MR) is 128 cm³/mol. The Balaban J connectivity index is 1.18. The molecule has 2 aromatic carbocycles. The number of nitrogens with one attached hydrogen (secondary N) is 1. The normalized spacial score (nSPS) is 13.0. The zero-order chi connectivity index (χ0) is 21.9. The number of aromatic nitrogens is 3. The summed E-state index contributed by atoms with van der Waals surface area (Å²) in [4.78, 5) is 19.5. The number of halogens is 1. The molecule has 1 aliphatic rings. The SMILES string of the molecule is O=C(NCc1ccc(N2CCc3ccccc3C2)nc1)c1ccc(-n2cc(Br)cn2)cc1. The van der Waals surface area contributed by atoms with Crippen LogP contribution < -0.4 is 10.2 Å². The largest absolute Gasteiger partial charge is 0.352 e. The van der Waals surface area contributed by atoms with Crippen LogP contribution in [0.1, 0.15) is 27.0 Å². The Morgan fingerprint density at radius 2 is 1.81 bits per heavy atom. The van der Waals surface area contributed by atoms with Crippen LogP contribution in [0.3, 0.4) is 0 Å². The Morgan fingerprint density at radius 1 is 1.00 bits per heavy atom. The average Bonchev–Trinajstić information content (AvgIpc) is 3.29. The molecule has 32 heavy (non-hydrogen) atoms. The maximum atomic E-state index is 12.5. The second kappa shape index (κ2) is 8.96. The third kappa shape index (κ3) is 4.43. The number of rotatable bonds is 5. The molecule has 0 unspecified atom stereocenters. The Morgan fingerprint density at radius 3 is 2.53 bits per heavy atom. The molecule has 0 saturated carbocycles. The van der Waals surface area contributed by atoms with E-state index >= 15 is 0 Å². The summed E-state index contributed by atoms with van der Waals surface area (Å²) in [5.41, 5.74) is 5.26. The van der Waals surface area contributed by atoms with Crippen LogP contribution in [0.2, 0.25) is 0 Å². The zero-order valence-electron chi connectivity index (χ0n) is 17.4. The lowest BCUT2D eigenvalue weighted by Crippen LogP contribution is -2.31. The lowest BCUT2D eigenvalue weighted by Gasteiger charge is -2.29. The first-order valence-electron chi connectivity index (χ1n) is 10.5. The smallest absolute Gasteiger partial charge is 0.251 e. The number of nitrogens with zero attached hydrogens (tertiary/aromatic N) is 4. The molecular weight excluding hydrogens is 466 g/mol. The summed E-state index contributed by atoms with van der Waals surface area (Å²) >= 11 is 3.39. The van der Waals surface area contributed by atoms with E-state index in [9.17, 15) is 4.79 Å². The van der Waals surface area contributed by atoms with Gasteiger partial charge in [-0.1, -0.05) is 30.3 Å². The summed E-state index contributed by atoms with van der Waals surface area (Å²) in [7, 11) is 0. The van der Waals surface area contributed by atoms with Crippen molar-refractivity contribution in [1.29, 1.82) is 0 Å². The first kappa shape index (κ1) is 20.5. The van der Waals surface area contributed by atoms with E-state index < -0.39 is 0 Å². The Hall–Kier alpha value is -3.45. The number of carbonyl (C=O) groups excluding carboxylic acids is 1. The van der Waals surface area contributed by atoms with Crippen molar-refractivity contribution in [2.24, 2.45) is 0 Å². The number of hydrogen-bond acceptors (Lipinski definition) is 4. The lowest BCUT2D eigenvalue weighted by molar-refractivity contribution is 0.0951. The van der Waals surface area contributed by atoms with E-state index in [1.165, 1.54) is 11.1 Å². The minimum Gasteiger partial charge on any atom is -0.352 e. The van der Waals surface area contributed by atoms with Crippen molar-refractivity contribution in [1.82, 2.24) is 20.1 Å². The van der Waals surface area contributed by atoms with Crippen LogP contribution in [0.15, 0.2) is 83.7 Å². The molecule has 6 nitrogen and oxygen atoms in total. The Kier molecular flexibility index (Phi) is 5.73. The second-order valence-corrected chi connectivity index (χ2v) is 8.71. The number of fused-ring (bicyclic) bond motifs is 1. The van der Waals surface area contributed by atoms with Gasteiger partial charge in [0.05, 0.1) is 16.4 Å². The van der Waals surface area contributed by atoms with Gasteiger partial charge in [-0.05, 0) is 69.4 Å². The van der Waals surface area contributed by atoms with Gasteiger partial charge in [0.25, 0.3) is 5.91 Å². The van der Waals surface area contributed by atoms with E-state index in [0.29, 0.717) is 12.1 Å². The highest BCUT2D eigenvalue weighted by Crippen LogP contribution is 2.23. The van der Waals surface area contributed by atoms with Crippen molar-refractivity contribution in [3.8, 4) is 5.69 Å². The van der Waals surface area contributed by atoms with Crippen molar-refractivity contribution in [2.75, 3.05) is 11.4 Å². The second-order valence-electron chi connectivity index (χ2n) is 7.80. The first-order chi connectivity index (χ1) is 15.7. The summed E-state index contributed by atoms with van der Waals surface area (Å²) < 4.78 is 2.66. The number of benzene rings is 2. The van der Waals surface area contributed by atoms with Gasteiger partial charge in [-0.25, -0.2) is 9.67 Å². The van der Waals surface area contributed by atoms with Gasteiger partial charge in [0.15, 0.2) is 0 Å². The highest BCUT2D eigenvalue weighted by Gasteiger charge is 2.17. The molecule has 1 amide bonds. The summed E-state index contributed by atoms with van der Waals surface area (Å²) in [6.07, 6.45) is 6.47. The molecule has 1 N–H and O–H groups in total. The predicted octanol–water partition coefficient (Wildman–Crippen LogP) is 4.52. The van der Waals surface area contributed by atoms with Crippen LogP contribution in [0, 0.1) is 0 Å². The van der Waals surface area contributed by atoms with E-state index in [4.69, 9.17) is 0 Å². The molecule has 0 aliphatic carbocycles. The van der Waals surface area contributed by atoms with Crippen LogP contribution >= 0.6 is 15.9 Å². The lowest BCUT2D eigenvalue weighted by atomic mass is 10.00. The maximum Gasteiger partial charge on any atom is 0.251 e. The third-order valence-electron chi connectivity index (χ3n) is 5.66. The minimum atomic E-state index is -0.116. The minimum absolute atomic E-state index is 0.116. The fourth-order valence-electron chi connectivity index (χ4n) is 3.89. The van der Waals surface area contributed by atoms with Gasteiger partial charge in [-0.2, -0.15) is 5.10 Å². The molecule has 3 heterocycles. The van der Waals surface area contributed by atoms with Gasteiger partial charge in [0, 0.05) is 37.6 Å². The van der Waals surface area contributed by atoms with Gasteiger partial charge in [-0.3, -0.25) is 4.79 Å². The van der Waals surface area contributed by atoms with Crippen molar-refractivity contribution < 1.29 is 4.79 Å². The molecule has 0 atom stereocenters. The van der Waals surface area contributed by atoms with Crippen LogP contribution in [-0.4, -0.2) is 27.2 Å². The van der Waals surface area contributed by atoms with E-state index in [-0.39, 0.29) is 5.91 Å². The molecule has 0 fully saturated rings. The highest BCUT2D eigenvalue weighted by atomic mass is 79.9. The number of amides is 1. The van der Waals surface area contributed by atoms with Gasteiger partial charge in [-0.15, -0.1) is 0 Å². The molecule has 0 saturated heterocycles. The van der Waals surface area contributed by atoms with Crippen molar-refractivity contribution in [3.05, 3.63) is 106 Å². The summed E-state index contributed by atoms with van der Waals surface area (Å²) in [5.74, 6) is 0.852. The number of anilines is 1. The summed E-state index contributed by atoms with van der Waals surface area (Å²) in [6, 6.07) is 20.0. The molecule has 160 valence electrons. The molecule has 2 aromatic heterocycles. The molecule has 0 spiro atoms. The molecule has 0 radical (unpaired) electrons. The van der Waals surface area contributed by atoms with Gasteiger partial charge in [0.2, 0.25) is 0 Å². The fourth-order valence-corrected chi connectivity index (χ4v) is 4.18. The van der Waals surface area contributed by atoms with Crippen LogP contribution in [0.4, 0.5) is 5.82 Å². The summed E-state index contributed by atoms with van der Waals surface area (Å²) in [5, 5.41) is 7.22. The maximum absolute atomic E-state index is 12.5. The molecule has 5 rings (SSSR count). The molecular formula is C25H22BrN5O. The molecule has 0 bridgehead atoms. The van der Waals surface area contributed by atoms with Gasteiger partial charge >= 0.3 is 0 Å². The fraction of sp³-hybridized carbons (Fsp3) is 0.160. The van der Waals surface area contributed by atoms with Crippen molar-refractivity contribution >= 4 is 27.7 Å². The Bertz CT molecular complexity index is 1230. The van der Waals surface area contributed by atoms with E-state index in [2.05, 4.69) is 60.5 Å². The topological polar surface area (TPSA) is 63.1 Å². The van der Waals surface area contributed by atoms with Crippen LogP contribution in [0.5, 0.6) is 0 Å². The van der Waals surface area contributed by atoms with Crippen molar-refractivity contribution in [2.45, 2.75) is 19.5 Å². The summed E-state index contributed by atoms with van der Waals surface area (Å²) in [6.45, 7) is 2.28. The first-order valence-corrected chi connectivity index (χ1v) is 11.3. The molecule has 7 heteroatoms. The van der Waals surface area contributed by atoms with Gasteiger partial charge < -0.3 is 10.2 Å². The van der Waals surface area contributed by atoms with E-state index in [1.807, 2.05) is 36.7 Å². The highest BCUT2D eigenvalue weighted by molar-refractivity contribution is 9.10. The Labute approximate surface area is 195 Å². The van der Waals surface area contributed by atoms with E-state index in [1.54, 1.807) is 23.0 Å². The van der Waals surface area contributed by atoms with E-state index in [0.717, 1.165) is 41.1 Å². The van der Waals surface area contributed by atoms with Crippen LogP contribution in [-0.2, 0) is 19.5 Å². The van der Waals surface area contributed by atoms with Crippen LogP contribution in [0.25, 0.3) is 5.69 Å². The zero-order valence-corrected chi connectivity index (χ0v) is 19.0. The van der Waals surface area contributed by atoms with Crippen molar-refractivity contribution in [3.63, 3.8) is 0 Å². The van der Waals surface area contributed by atoms with Gasteiger partial charge in [0.1, 0.15) is 5.82 Å². The molecule has 1 aliphatic heterocycles. The standard InChI is InChI=1S/C25H22BrN5O/c26-22-15-29-31(17-22)23-8-6-20(7-9-23)25(32)28-14-18-5-10-24(27-13-18)30-12-11-19-3-1-2-4-21(19)16-30/h1-10,13,15,17H,11-12,14,16H2,(H,28,32). The average molecular weight is 488 g/mol. The quantitative estimate of drug-likeness (QED) is 0.449.